The van der Waals surface area contributed by atoms with Gasteiger partial charge in [0.25, 0.3) is 0 Å². The average Bonchev–Trinajstić information content (AvgIpc) is 2.45. The van der Waals surface area contributed by atoms with Crippen LogP contribution in [-0.4, -0.2) is 36.0 Å². The lowest BCUT2D eigenvalue weighted by molar-refractivity contribution is -0.123. The van der Waals surface area contributed by atoms with Crippen LogP contribution in [0.3, 0.4) is 0 Å². The first kappa shape index (κ1) is 16.6. The van der Waals surface area contributed by atoms with E-state index in [1.54, 1.807) is 6.07 Å². The lowest BCUT2D eigenvalue weighted by Gasteiger charge is -2.40. The minimum atomic E-state index is -0.669. The number of piperidine rings is 1. The molecule has 0 atom stereocenters. The van der Waals surface area contributed by atoms with Crippen molar-refractivity contribution >= 4 is 39.1 Å². The van der Waals surface area contributed by atoms with Crippen molar-refractivity contribution in [3.63, 3.8) is 0 Å². The molecule has 116 valence electrons. The Bertz CT molecular complexity index is 516. The number of carbonyl (C=O) groups is 1. The van der Waals surface area contributed by atoms with Gasteiger partial charge in [0, 0.05) is 23.2 Å². The van der Waals surface area contributed by atoms with Crippen molar-refractivity contribution in [2.24, 2.45) is 5.73 Å². The summed E-state index contributed by atoms with van der Waals surface area (Å²) in [4.78, 5) is 14.4. The standard InChI is InChI=1S/C15H21BrClN3O/c1-2-7-20-8-5-15(6-9-20,14(18)21)19-11-3-4-13(17)12(16)10-11/h3-4,10,19H,2,5-9H2,1H3,(H2,18,21). The molecule has 1 aliphatic rings. The largest absolute Gasteiger partial charge is 0.371 e. The van der Waals surface area contributed by atoms with Crippen molar-refractivity contribution in [1.29, 1.82) is 0 Å². The van der Waals surface area contributed by atoms with Crippen LogP contribution in [0.25, 0.3) is 0 Å². The molecule has 0 aliphatic carbocycles. The number of anilines is 1. The van der Waals surface area contributed by atoms with E-state index in [1.165, 1.54) is 0 Å². The number of nitrogens with two attached hydrogens (primary N) is 1. The van der Waals surface area contributed by atoms with E-state index in [1.807, 2.05) is 12.1 Å². The molecule has 2 rings (SSSR count). The van der Waals surface area contributed by atoms with Gasteiger partial charge in [-0.2, -0.15) is 0 Å². The number of hydrogen-bond acceptors (Lipinski definition) is 3. The predicted octanol–water partition coefficient (Wildman–Crippen LogP) is 3.24. The number of carbonyl (C=O) groups excluding carboxylic acids is 1. The third kappa shape index (κ3) is 3.90. The van der Waals surface area contributed by atoms with Crippen LogP contribution in [0.2, 0.25) is 5.02 Å². The molecule has 1 aliphatic heterocycles. The molecule has 6 heteroatoms. The first-order valence-electron chi connectivity index (χ1n) is 7.22. The maximum absolute atomic E-state index is 12.0. The molecule has 0 spiro atoms. The van der Waals surface area contributed by atoms with E-state index in [4.69, 9.17) is 17.3 Å². The van der Waals surface area contributed by atoms with Crippen molar-refractivity contribution in [3.8, 4) is 0 Å². The van der Waals surface area contributed by atoms with E-state index in [0.717, 1.165) is 49.1 Å². The predicted molar refractivity (Wildman–Crippen MR) is 90.7 cm³/mol. The van der Waals surface area contributed by atoms with Crippen molar-refractivity contribution in [1.82, 2.24) is 4.90 Å². The maximum Gasteiger partial charge on any atom is 0.243 e. The summed E-state index contributed by atoms with van der Waals surface area (Å²) < 4.78 is 0.803. The van der Waals surface area contributed by atoms with Crippen LogP contribution in [-0.2, 0) is 4.79 Å². The van der Waals surface area contributed by atoms with E-state index < -0.39 is 5.54 Å². The van der Waals surface area contributed by atoms with Crippen LogP contribution in [0, 0.1) is 0 Å². The zero-order valence-electron chi connectivity index (χ0n) is 12.2. The van der Waals surface area contributed by atoms with Gasteiger partial charge in [0.05, 0.1) is 5.02 Å². The van der Waals surface area contributed by atoms with E-state index in [0.29, 0.717) is 5.02 Å². The second kappa shape index (κ2) is 6.99. The topological polar surface area (TPSA) is 58.4 Å². The lowest BCUT2D eigenvalue weighted by Crippen LogP contribution is -2.57. The number of nitrogens with one attached hydrogen (secondary N) is 1. The second-order valence-electron chi connectivity index (χ2n) is 5.54. The van der Waals surface area contributed by atoms with Crippen molar-refractivity contribution < 1.29 is 4.79 Å². The Labute approximate surface area is 139 Å². The van der Waals surface area contributed by atoms with Gasteiger partial charge in [-0.1, -0.05) is 18.5 Å². The normalized spacial score (nSPS) is 18.4. The van der Waals surface area contributed by atoms with Gasteiger partial charge in [0.2, 0.25) is 5.91 Å². The Balaban J connectivity index is 2.12. The Morgan fingerprint density at radius 3 is 2.67 bits per heavy atom. The summed E-state index contributed by atoms with van der Waals surface area (Å²) in [6.07, 6.45) is 2.58. The van der Waals surface area contributed by atoms with Crippen molar-refractivity contribution in [2.75, 3.05) is 25.0 Å². The molecular weight excluding hydrogens is 354 g/mol. The van der Waals surface area contributed by atoms with Gasteiger partial charge in [-0.15, -0.1) is 0 Å². The number of halogens is 2. The molecule has 4 nitrogen and oxygen atoms in total. The number of amides is 1. The molecule has 0 unspecified atom stereocenters. The summed E-state index contributed by atoms with van der Waals surface area (Å²) in [5.74, 6) is -0.287. The molecule has 0 radical (unpaired) electrons. The summed E-state index contributed by atoms with van der Waals surface area (Å²) in [6.45, 7) is 5.01. The van der Waals surface area contributed by atoms with E-state index in [2.05, 4.69) is 33.1 Å². The average molecular weight is 375 g/mol. The fourth-order valence-corrected chi connectivity index (χ4v) is 3.25. The van der Waals surface area contributed by atoms with Crippen LogP contribution in [0.5, 0.6) is 0 Å². The van der Waals surface area contributed by atoms with Crippen molar-refractivity contribution in [3.05, 3.63) is 27.7 Å². The Kier molecular flexibility index (Phi) is 5.52. The van der Waals surface area contributed by atoms with Gasteiger partial charge < -0.3 is 16.0 Å². The summed E-state index contributed by atoms with van der Waals surface area (Å²) in [7, 11) is 0. The fourth-order valence-electron chi connectivity index (χ4n) is 2.76. The molecule has 1 fully saturated rings. The molecule has 1 saturated heterocycles. The maximum atomic E-state index is 12.0. The summed E-state index contributed by atoms with van der Waals surface area (Å²) >= 11 is 9.40. The zero-order chi connectivity index (χ0) is 15.5. The highest BCUT2D eigenvalue weighted by Crippen LogP contribution is 2.31. The van der Waals surface area contributed by atoms with Crippen LogP contribution < -0.4 is 11.1 Å². The minimum Gasteiger partial charge on any atom is -0.371 e. The monoisotopic (exact) mass is 373 g/mol. The lowest BCUT2D eigenvalue weighted by atomic mass is 9.86. The number of primary amides is 1. The van der Waals surface area contributed by atoms with Gasteiger partial charge in [0.15, 0.2) is 0 Å². The summed E-state index contributed by atoms with van der Waals surface area (Å²) in [6, 6.07) is 5.55. The molecule has 0 saturated carbocycles. The van der Waals surface area contributed by atoms with E-state index >= 15 is 0 Å². The van der Waals surface area contributed by atoms with E-state index in [-0.39, 0.29) is 5.91 Å². The number of rotatable bonds is 5. The Morgan fingerprint density at radius 1 is 1.48 bits per heavy atom. The van der Waals surface area contributed by atoms with Gasteiger partial charge in [0.1, 0.15) is 5.54 Å². The minimum absolute atomic E-state index is 0.287. The summed E-state index contributed by atoms with van der Waals surface area (Å²) in [5.41, 5.74) is 5.87. The molecule has 3 N–H and O–H groups in total. The fraction of sp³-hybridized carbons (Fsp3) is 0.533. The zero-order valence-corrected chi connectivity index (χ0v) is 14.5. The first-order chi connectivity index (χ1) is 9.97. The molecule has 1 aromatic carbocycles. The molecule has 0 bridgehead atoms. The van der Waals surface area contributed by atoms with Crippen LogP contribution >= 0.6 is 27.5 Å². The molecule has 1 heterocycles. The van der Waals surface area contributed by atoms with Gasteiger partial charge in [-0.05, 0) is 59.9 Å². The molecule has 21 heavy (non-hydrogen) atoms. The quantitative estimate of drug-likeness (QED) is 0.832. The number of benzene rings is 1. The highest BCUT2D eigenvalue weighted by atomic mass is 79.9. The SMILES string of the molecule is CCCN1CCC(Nc2ccc(Cl)c(Br)c2)(C(N)=O)CC1. The Morgan fingerprint density at radius 2 is 2.14 bits per heavy atom. The van der Waals surface area contributed by atoms with Crippen LogP contribution in [0.15, 0.2) is 22.7 Å². The second-order valence-corrected chi connectivity index (χ2v) is 6.80. The molecule has 1 aromatic rings. The van der Waals surface area contributed by atoms with Gasteiger partial charge >= 0.3 is 0 Å². The molecular formula is C15H21BrClN3O. The van der Waals surface area contributed by atoms with Crippen LogP contribution in [0.4, 0.5) is 5.69 Å². The highest BCUT2D eigenvalue weighted by molar-refractivity contribution is 9.10. The van der Waals surface area contributed by atoms with Crippen molar-refractivity contribution in [2.45, 2.75) is 31.7 Å². The third-order valence-corrected chi connectivity index (χ3v) is 5.24. The molecule has 1 amide bonds. The highest BCUT2D eigenvalue weighted by Gasteiger charge is 2.39. The number of nitrogens with zero attached hydrogens (tertiary/aromatic N) is 1. The summed E-state index contributed by atoms with van der Waals surface area (Å²) in [5, 5.41) is 3.98. The van der Waals surface area contributed by atoms with E-state index in [9.17, 15) is 4.79 Å². The molecule has 0 aromatic heterocycles. The van der Waals surface area contributed by atoms with Gasteiger partial charge in [-0.25, -0.2) is 0 Å². The first-order valence-corrected chi connectivity index (χ1v) is 8.39. The van der Waals surface area contributed by atoms with Crippen LogP contribution in [0.1, 0.15) is 26.2 Å². The smallest absolute Gasteiger partial charge is 0.243 e. The number of likely N-dealkylation sites (tertiary alicyclic amines) is 1. The number of hydrogen-bond donors (Lipinski definition) is 2. The Hall–Kier alpha value is -0.780. The van der Waals surface area contributed by atoms with Gasteiger partial charge in [-0.3, -0.25) is 4.79 Å². The third-order valence-electron chi connectivity index (χ3n) is 4.02.